The van der Waals surface area contributed by atoms with Crippen molar-refractivity contribution in [1.29, 1.82) is 0 Å². The average Bonchev–Trinajstić information content (AvgIpc) is 2.79. The van der Waals surface area contributed by atoms with Gasteiger partial charge in [-0.25, -0.2) is 0 Å². The lowest BCUT2D eigenvalue weighted by molar-refractivity contribution is -0.133. The Morgan fingerprint density at radius 2 is 2.08 bits per heavy atom. The van der Waals surface area contributed by atoms with Crippen molar-refractivity contribution in [2.45, 2.75) is 32.7 Å². The molecule has 126 valence electrons. The Labute approximate surface area is 140 Å². The predicted octanol–water partition coefficient (Wildman–Crippen LogP) is 1.92. The average molecular weight is 327 g/mol. The molecule has 0 spiro atoms. The quantitative estimate of drug-likeness (QED) is 0.934. The largest absolute Gasteiger partial charge is 0.361 e. The predicted molar refractivity (Wildman–Crippen MR) is 88.2 cm³/mol. The van der Waals surface area contributed by atoms with E-state index < -0.39 is 0 Å². The minimum Gasteiger partial charge on any atom is -0.361 e. The van der Waals surface area contributed by atoms with E-state index in [9.17, 15) is 9.59 Å². The smallest absolute Gasteiger partial charge is 0.227 e. The summed E-state index contributed by atoms with van der Waals surface area (Å²) in [6.07, 6.45) is 0.510. The van der Waals surface area contributed by atoms with Crippen molar-refractivity contribution < 1.29 is 14.1 Å². The molecule has 6 heteroatoms. The molecule has 0 radical (unpaired) electrons. The van der Waals surface area contributed by atoms with Crippen molar-refractivity contribution in [2.75, 3.05) is 13.1 Å². The number of aryl methyl sites for hydroxylation is 2. The highest BCUT2D eigenvalue weighted by Gasteiger charge is 2.30. The number of aromatic nitrogens is 1. The Bertz CT molecular complexity index is 720. The minimum absolute atomic E-state index is 0.0187. The maximum atomic E-state index is 12.9. The SMILES string of the molecule is Cc1noc(C)c1CC(=O)N1CCNC(=O)C[C@@H]1c1ccccc1. The van der Waals surface area contributed by atoms with Crippen LogP contribution >= 0.6 is 0 Å². The Kier molecular flexibility index (Phi) is 4.64. The number of rotatable bonds is 3. The summed E-state index contributed by atoms with van der Waals surface area (Å²) in [5.41, 5.74) is 2.54. The molecular formula is C18H21N3O3. The number of benzene rings is 1. The maximum absolute atomic E-state index is 12.9. The van der Waals surface area contributed by atoms with E-state index in [1.807, 2.05) is 44.2 Å². The second-order valence-corrected chi connectivity index (χ2v) is 6.05. The zero-order chi connectivity index (χ0) is 17.1. The first kappa shape index (κ1) is 16.2. The van der Waals surface area contributed by atoms with Crippen molar-refractivity contribution in [3.8, 4) is 0 Å². The molecule has 1 aliphatic rings. The molecule has 24 heavy (non-hydrogen) atoms. The van der Waals surface area contributed by atoms with Crippen LogP contribution in [0.5, 0.6) is 0 Å². The number of amides is 2. The zero-order valence-electron chi connectivity index (χ0n) is 13.9. The van der Waals surface area contributed by atoms with Crippen LogP contribution in [0.15, 0.2) is 34.9 Å². The molecule has 1 aromatic carbocycles. The molecule has 1 N–H and O–H groups in total. The highest BCUT2D eigenvalue weighted by atomic mass is 16.5. The molecule has 6 nitrogen and oxygen atoms in total. The fraction of sp³-hybridized carbons (Fsp3) is 0.389. The van der Waals surface area contributed by atoms with E-state index in [1.54, 1.807) is 4.90 Å². The molecule has 2 amide bonds. The van der Waals surface area contributed by atoms with Gasteiger partial charge in [-0.2, -0.15) is 0 Å². The second kappa shape index (κ2) is 6.86. The van der Waals surface area contributed by atoms with Crippen molar-refractivity contribution in [2.24, 2.45) is 0 Å². The molecule has 0 aliphatic carbocycles. The van der Waals surface area contributed by atoms with Crippen LogP contribution in [-0.2, 0) is 16.0 Å². The fourth-order valence-corrected chi connectivity index (χ4v) is 3.11. The van der Waals surface area contributed by atoms with Crippen molar-refractivity contribution >= 4 is 11.8 Å². The Morgan fingerprint density at radius 3 is 2.75 bits per heavy atom. The fourth-order valence-electron chi connectivity index (χ4n) is 3.11. The standard InChI is InChI=1S/C18H21N3O3/c1-12-15(13(2)24-20-12)10-18(23)21-9-8-19-17(22)11-16(21)14-6-4-3-5-7-14/h3-7,16H,8-11H2,1-2H3,(H,19,22)/t16-/m1/s1. The van der Waals surface area contributed by atoms with E-state index in [-0.39, 0.29) is 30.7 Å². The van der Waals surface area contributed by atoms with E-state index in [2.05, 4.69) is 10.5 Å². The first-order valence-corrected chi connectivity index (χ1v) is 8.09. The van der Waals surface area contributed by atoms with E-state index in [1.165, 1.54) is 0 Å². The van der Waals surface area contributed by atoms with E-state index >= 15 is 0 Å². The highest BCUT2D eigenvalue weighted by Crippen LogP contribution is 2.27. The normalized spacial score (nSPS) is 18.2. The monoisotopic (exact) mass is 327 g/mol. The summed E-state index contributed by atoms with van der Waals surface area (Å²) in [7, 11) is 0. The third kappa shape index (κ3) is 3.32. The second-order valence-electron chi connectivity index (χ2n) is 6.05. The minimum atomic E-state index is -0.248. The Balaban J connectivity index is 1.87. The van der Waals surface area contributed by atoms with Gasteiger partial charge in [-0.1, -0.05) is 35.5 Å². The molecule has 1 saturated heterocycles. The topological polar surface area (TPSA) is 75.4 Å². The first-order valence-electron chi connectivity index (χ1n) is 8.09. The van der Waals surface area contributed by atoms with Gasteiger partial charge >= 0.3 is 0 Å². The van der Waals surface area contributed by atoms with Gasteiger partial charge in [-0.3, -0.25) is 9.59 Å². The lowest BCUT2D eigenvalue weighted by Gasteiger charge is -2.29. The van der Waals surface area contributed by atoms with Gasteiger partial charge in [-0.05, 0) is 19.4 Å². The molecule has 0 saturated carbocycles. The molecule has 2 heterocycles. The molecular weight excluding hydrogens is 306 g/mol. The van der Waals surface area contributed by atoms with E-state index in [4.69, 9.17) is 4.52 Å². The lowest BCUT2D eigenvalue weighted by Crippen LogP contribution is -2.37. The highest BCUT2D eigenvalue weighted by molar-refractivity contribution is 5.82. The van der Waals surface area contributed by atoms with Crippen LogP contribution in [0.3, 0.4) is 0 Å². The van der Waals surface area contributed by atoms with Gasteiger partial charge in [0.2, 0.25) is 11.8 Å². The van der Waals surface area contributed by atoms with Crippen LogP contribution in [0.4, 0.5) is 0 Å². The molecule has 1 atom stereocenters. The number of hydrogen-bond donors (Lipinski definition) is 1. The molecule has 1 aromatic heterocycles. The molecule has 0 bridgehead atoms. The van der Waals surface area contributed by atoms with E-state index in [0.29, 0.717) is 18.8 Å². The lowest BCUT2D eigenvalue weighted by atomic mass is 10.0. The van der Waals surface area contributed by atoms with Crippen LogP contribution < -0.4 is 5.32 Å². The molecule has 1 aliphatic heterocycles. The molecule has 0 unspecified atom stereocenters. The van der Waals surface area contributed by atoms with Gasteiger partial charge in [0.05, 0.1) is 24.6 Å². The van der Waals surface area contributed by atoms with Crippen molar-refractivity contribution in [3.63, 3.8) is 0 Å². The van der Waals surface area contributed by atoms with Crippen LogP contribution in [0.2, 0.25) is 0 Å². The van der Waals surface area contributed by atoms with Gasteiger partial charge in [0.25, 0.3) is 0 Å². The van der Waals surface area contributed by atoms with Crippen LogP contribution in [-0.4, -0.2) is 35.0 Å². The number of carbonyl (C=O) groups excluding carboxylic acids is 2. The van der Waals surface area contributed by atoms with Crippen LogP contribution in [0, 0.1) is 13.8 Å². The Morgan fingerprint density at radius 1 is 1.33 bits per heavy atom. The third-order valence-corrected chi connectivity index (χ3v) is 4.44. The number of carbonyl (C=O) groups is 2. The summed E-state index contributed by atoms with van der Waals surface area (Å²) in [5, 5.41) is 6.76. The van der Waals surface area contributed by atoms with Gasteiger partial charge in [0, 0.05) is 18.7 Å². The van der Waals surface area contributed by atoms with Crippen LogP contribution in [0.25, 0.3) is 0 Å². The third-order valence-electron chi connectivity index (χ3n) is 4.44. The maximum Gasteiger partial charge on any atom is 0.227 e. The summed E-state index contributed by atoms with van der Waals surface area (Å²) in [6, 6.07) is 9.45. The number of nitrogens with zero attached hydrogens (tertiary/aromatic N) is 2. The van der Waals surface area contributed by atoms with Gasteiger partial charge < -0.3 is 14.7 Å². The number of nitrogens with one attached hydrogen (secondary N) is 1. The number of hydrogen-bond acceptors (Lipinski definition) is 4. The summed E-state index contributed by atoms with van der Waals surface area (Å²) in [4.78, 5) is 26.7. The van der Waals surface area contributed by atoms with Gasteiger partial charge in [0.15, 0.2) is 0 Å². The summed E-state index contributed by atoms with van der Waals surface area (Å²) in [5.74, 6) is 0.618. The molecule has 3 rings (SSSR count). The van der Waals surface area contributed by atoms with Crippen LogP contribution in [0.1, 0.15) is 35.0 Å². The van der Waals surface area contributed by atoms with Crippen molar-refractivity contribution in [3.05, 3.63) is 52.9 Å². The van der Waals surface area contributed by atoms with E-state index in [0.717, 1.165) is 16.8 Å². The molecule has 2 aromatic rings. The zero-order valence-corrected chi connectivity index (χ0v) is 13.9. The Hall–Kier alpha value is -2.63. The van der Waals surface area contributed by atoms with Gasteiger partial charge in [-0.15, -0.1) is 0 Å². The summed E-state index contributed by atoms with van der Waals surface area (Å²) < 4.78 is 5.15. The van der Waals surface area contributed by atoms with Gasteiger partial charge in [0.1, 0.15) is 5.76 Å². The molecule has 1 fully saturated rings. The van der Waals surface area contributed by atoms with Crippen molar-refractivity contribution in [1.82, 2.24) is 15.4 Å². The summed E-state index contributed by atoms with van der Waals surface area (Å²) in [6.45, 7) is 4.61. The summed E-state index contributed by atoms with van der Waals surface area (Å²) >= 11 is 0. The first-order chi connectivity index (χ1) is 11.6.